The van der Waals surface area contributed by atoms with Crippen molar-refractivity contribution in [1.82, 2.24) is 10.2 Å². The third-order valence-corrected chi connectivity index (χ3v) is 4.77. The number of nitrogens with one attached hydrogen (secondary N) is 1. The second-order valence-electron chi connectivity index (χ2n) is 5.60. The molecule has 0 spiro atoms. The third-order valence-electron chi connectivity index (χ3n) is 3.88. The molecule has 1 heterocycles. The van der Waals surface area contributed by atoms with E-state index in [2.05, 4.69) is 51.3 Å². The maximum absolute atomic E-state index is 5.25. The Kier molecular flexibility index (Phi) is 6.49. The van der Waals surface area contributed by atoms with Gasteiger partial charge >= 0.3 is 0 Å². The Labute approximate surface area is 130 Å². The van der Waals surface area contributed by atoms with E-state index in [-0.39, 0.29) is 0 Å². The molecule has 0 radical (unpaired) electrons. The fourth-order valence-corrected chi connectivity index (χ4v) is 2.99. The zero-order chi connectivity index (χ0) is 14.4. The Hall–Kier alpha value is -0.420. The number of nitrogens with zero attached hydrogens (tertiary/aromatic N) is 1. The van der Waals surface area contributed by atoms with Gasteiger partial charge in [-0.05, 0) is 43.5 Å². The van der Waals surface area contributed by atoms with Gasteiger partial charge in [-0.25, -0.2) is 0 Å². The monoisotopic (exact) mass is 340 g/mol. The van der Waals surface area contributed by atoms with Crippen LogP contribution in [0.1, 0.15) is 24.0 Å². The van der Waals surface area contributed by atoms with E-state index < -0.39 is 0 Å². The fraction of sp³-hybridized carbons (Fsp3) is 0.625. The summed E-state index contributed by atoms with van der Waals surface area (Å²) in [5.74, 6) is 0. The van der Waals surface area contributed by atoms with E-state index in [1.165, 1.54) is 35.0 Å². The van der Waals surface area contributed by atoms with E-state index >= 15 is 0 Å². The summed E-state index contributed by atoms with van der Waals surface area (Å²) in [4.78, 5) is 2.50. The van der Waals surface area contributed by atoms with Crippen LogP contribution in [0, 0.1) is 6.92 Å². The van der Waals surface area contributed by atoms with E-state index in [9.17, 15) is 0 Å². The van der Waals surface area contributed by atoms with E-state index in [4.69, 9.17) is 4.74 Å². The molecule has 3 nitrogen and oxygen atoms in total. The van der Waals surface area contributed by atoms with Gasteiger partial charge in [-0.1, -0.05) is 28.1 Å². The first-order chi connectivity index (χ1) is 9.69. The summed E-state index contributed by atoms with van der Waals surface area (Å²) in [5.41, 5.74) is 2.67. The van der Waals surface area contributed by atoms with Crippen LogP contribution in [0.2, 0.25) is 0 Å². The van der Waals surface area contributed by atoms with Crippen LogP contribution in [0.25, 0.3) is 0 Å². The first-order valence-corrected chi connectivity index (χ1v) is 8.18. The summed E-state index contributed by atoms with van der Waals surface area (Å²) in [5, 5.41) is 3.58. The van der Waals surface area contributed by atoms with Crippen molar-refractivity contribution in [1.29, 1.82) is 0 Å². The molecule has 0 aliphatic carbocycles. The normalized spacial score (nSPS) is 18.9. The number of hydrogen-bond donors (Lipinski definition) is 1. The van der Waals surface area contributed by atoms with E-state index in [1.54, 1.807) is 7.11 Å². The zero-order valence-electron chi connectivity index (χ0n) is 12.5. The third kappa shape index (κ3) is 4.85. The molecule has 20 heavy (non-hydrogen) atoms. The van der Waals surface area contributed by atoms with Crippen molar-refractivity contribution in [2.24, 2.45) is 0 Å². The Bertz CT molecular complexity index is 419. The molecule has 1 aromatic rings. The predicted octanol–water partition coefficient (Wildman–Crippen LogP) is 2.96. The van der Waals surface area contributed by atoms with Crippen LogP contribution >= 0.6 is 15.9 Å². The molecular weight excluding hydrogens is 316 g/mol. The summed E-state index contributed by atoms with van der Waals surface area (Å²) in [6, 6.07) is 7.26. The van der Waals surface area contributed by atoms with Crippen molar-refractivity contribution in [2.75, 3.05) is 33.4 Å². The van der Waals surface area contributed by atoms with Crippen LogP contribution < -0.4 is 5.32 Å². The van der Waals surface area contributed by atoms with Crippen LogP contribution in [0.3, 0.4) is 0 Å². The molecule has 1 aromatic carbocycles. The highest BCUT2D eigenvalue weighted by molar-refractivity contribution is 9.10. The van der Waals surface area contributed by atoms with Crippen molar-refractivity contribution in [3.8, 4) is 0 Å². The number of benzene rings is 1. The minimum absolute atomic E-state index is 0.642. The van der Waals surface area contributed by atoms with Crippen LogP contribution in [-0.4, -0.2) is 44.3 Å². The molecule has 1 atom stereocenters. The van der Waals surface area contributed by atoms with E-state index in [0.717, 1.165) is 26.2 Å². The van der Waals surface area contributed by atoms with Gasteiger partial charge < -0.3 is 10.1 Å². The molecule has 1 aliphatic rings. The van der Waals surface area contributed by atoms with Crippen molar-refractivity contribution < 1.29 is 4.74 Å². The molecule has 1 saturated heterocycles. The summed E-state index contributed by atoms with van der Waals surface area (Å²) in [6.45, 7) is 7.20. The number of hydrogen-bond acceptors (Lipinski definition) is 3. The van der Waals surface area contributed by atoms with Gasteiger partial charge in [0.15, 0.2) is 0 Å². The smallest absolute Gasteiger partial charge is 0.0589 e. The Balaban J connectivity index is 1.95. The standard InChI is InChI=1S/C16H25BrN2O/c1-13-10-14(5-6-16(13)17)11-19(8-9-20-2)12-15-4-3-7-18-15/h5-6,10,15,18H,3-4,7-9,11-12H2,1-2H3. The second-order valence-corrected chi connectivity index (χ2v) is 6.46. The minimum atomic E-state index is 0.642. The Morgan fingerprint density at radius 2 is 2.30 bits per heavy atom. The van der Waals surface area contributed by atoms with Gasteiger partial charge in [0.25, 0.3) is 0 Å². The summed E-state index contributed by atoms with van der Waals surface area (Å²) in [6.07, 6.45) is 2.60. The number of aryl methyl sites for hydroxylation is 1. The van der Waals surface area contributed by atoms with Gasteiger partial charge in [0.2, 0.25) is 0 Å². The van der Waals surface area contributed by atoms with E-state index in [0.29, 0.717) is 6.04 Å². The van der Waals surface area contributed by atoms with Crippen molar-refractivity contribution in [3.63, 3.8) is 0 Å². The molecule has 112 valence electrons. The van der Waals surface area contributed by atoms with Gasteiger partial charge in [0, 0.05) is 37.3 Å². The Morgan fingerprint density at radius 1 is 1.45 bits per heavy atom. The highest BCUT2D eigenvalue weighted by Gasteiger charge is 2.18. The highest BCUT2D eigenvalue weighted by Crippen LogP contribution is 2.18. The first-order valence-electron chi connectivity index (χ1n) is 7.38. The lowest BCUT2D eigenvalue weighted by atomic mass is 10.1. The fourth-order valence-electron chi connectivity index (χ4n) is 2.74. The van der Waals surface area contributed by atoms with Crippen LogP contribution in [0.15, 0.2) is 22.7 Å². The Morgan fingerprint density at radius 3 is 2.95 bits per heavy atom. The molecule has 0 amide bonds. The molecule has 1 unspecified atom stereocenters. The average Bonchev–Trinajstić information content (AvgIpc) is 2.93. The number of halogens is 1. The molecule has 2 rings (SSSR count). The van der Waals surface area contributed by atoms with Gasteiger partial charge in [-0.15, -0.1) is 0 Å². The number of rotatable bonds is 7. The zero-order valence-corrected chi connectivity index (χ0v) is 14.1. The second kappa shape index (κ2) is 8.13. The topological polar surface area (TPSA) is 24.5 Å². The molecule has 1 fully saturated rings. The van der Waals surface area contributed by atoms with Crippen molar-refractivity contribution >= 4 is 15.9 Å². The summed E-state index contributed by atoms with van der Waals surface area (Å²) in [7, 11) is 1.77. The van der Waals surface area contributed by atoms with Crippen molar-refractivity contribution in [3.05, 3.63) is 33.8 Å². The van der Waals surface area contributed by atoms with Crippen molar-refractivity contribution in [2.45, 2.75) is 32.4 Å². The minimum Gasteiger partial charge on any atom is -0.383 e. The molecule has 0 aromatic heterocycles. The van der Waals surface area contributed by atoms with Crippen LogP contribution in [0.4, 0.5) is 0 Å². The van der Waals surface area contributed by atoms with E-state index in [1.807, 2.05) is 0 Å². The van der Waals surface area contributed by atoms with Crippen LogP contribution in [0.5, 0.6) is 0 Å². The molecule has 1 aliphatic heterocycles. The molecule has 0 bridgehead atoms. The summed E-state index contributed by atoms with van der Waals surface area (Å²) < 4.78 is 6.43. The molecule has 0 saturated carbocycles. The number of methoxy groups -OCH3 is 1. The van der Waals surface area contributed by atoms with Gasteiger partial charge in [0.05, 0.1) is 6.61 Å². The predicted molar refractivity (Wildman–Crippen MR) is 87.1 cm³/mol. The lowest BCUT2D eigenvalue weighted by Gasteiger charge is -2.25. The molecular formula is C16H25BrN2O. The lowest BCUT2D eigenvalue weighted by Crippen LogP contribution is -2.38. The van der Waals surface area contributed by atoms with Gasteiger partial charge in [-0.3, -0.25) is 4.90 Å². The molecule has 1 N–H and O–H groups in total. The average molecular weight is 341 g/mol. The largest absolute Gasteiger partial charge is 0.383 e. The SMILES string of the molecule is COCCN(Cc1ccc(Br)c(C)c1)CC1CCCN1. The first kappa shape index (κ1) is 16.0. The van der Waals surface area contributed by atoms with Gasteiger partial charge in [-0.2, -0.15) is 0 Å². The summed E-state index contributed by atoms with van der Waals surface area (Å²) >= 11 is 3.56. The lowest BCUT2D eigenvalue weighted by molar-refractivity contribution is 0.138. The maximum atomic E-state index is 5.25. The quantitative estimate of drug-likeness (QED) is 0.825. The van der Waals surface area contributed by atoms with Gasteiger partial charge in [0.1, 0.15) is 0 Å². The van der Waals surface area contributed by atoms with Crippen LogP contribution in [-0.2, 0) is 11.3 Å². The highest BCUT2D eigenvalue weighted by atomic mass is 79.9. The maximum Gasteiger partial charge on any atom is 0.0589 e. The molecule has 4 heteroatoms. The number of ether oxygens (including phenoxy) is 1.